The third kappa shape index (κ3) is 3.10. The van der Waals surface area contributed by atoms with E-state index in [0.29, 0.717) is 10.7 Å². The van der Waals surface area contributed by atoms with Gasteiger partial charge in [0.15, 0.2) is 5.69 Å². The lowest BCUT2D eigenvalue weighted by molar-refractivity contribution is -0.148. The second-order valence-corrected chi connectivity index (χ2v) is 5.86. The fourth-order valence-corrected chi connectivity index (χ4v) is 2.74. The molecule has 0 bridgehead atoms. The predicted molar refractivity (Wildman–Crippen MR) is 84.3 cm³/mol. The highest BCUT2D eigenvalue weighted by Crippen LogP contribution is 2.22. The molecule has 126 valence electrons. The van der Waals surface area contributed by atoms with Crippen molar-refractivity contribution < 1.29 is 19.4 Å². The Bertz CT molecular complexity index is 770. The van der Waals surface area contributed by atoms with Gasteiger partial charge >= 0.3 is 5.97 Å². The first kappa shape index (κ1) is 16.4. The van der Waals surface area contributed by atoms with Crippen molar-refractivity contribution in [2.75, 3.05) is 13.2 Å². The van der Waals surface area contributed by atoms with Gasteiger partial charge in [-0.25, -0.2) is 9.48 Å². The Balaban J connectivity index is 1.81. The smallest absolute Gasteiger partial charge is 0.329 e. The molecule has 9 heteroatoms. The van der Waals surface area contributed by atoms with Crippen LogP contribution in [-0.4, -0.2) is 50.7 Å². The van der Waals surface area contributed by atoms with Gasteiger partial charge in [0.25, 0.3) is 5.91 Å². The largest absolute Gasteiger partial charge is 0.480 e. The molecule has 0 aliphatic carbocycles. The zero-order valence-electron chi connectivity index (χ0n) is 12.6. The number of benzene rings is 1. The Morgan fingerprint density at radius 2 is 2.00 bits per heavy atom. The molecular formula is C15H15ClN4O4. The number of carbonyl (C=O) groups excluding carboxylic acids is 1. The van der Waals surface area contributed by atoms with Crippen molar-refractivity contribution >= 4 is 23.5 Å². The number of amides is 1. The Hall–Kier alpha value is -2.45. The normalized spacial score (nSPS) is 16.5. The molecule has 2 N–H and O–H groups in total. The monoisotopic (exact) mass is 350 g/mol. The molecule has 1 aromatic heterocycles. The molecule has 0 spiro atoms. The van der Waals surface area contributed by atoms with Crippen LogP contribution in [0.15, 0.2) is 30.5 Å². The molecule has 1 aromatic carbocycles. The van der Waals surface area contributed by atoms with Crippen molar-refractivity contribution in [3.63, 3.8) is 0 Å². The molecule has 1 fully saturated rings. The summed E-state index contributed by atoms with van der Waals surface area (Å²) in [4.78, 5) is 24.0. The molecule has 0 unspecified atom stereocenters. The van der Waals surface area contributed by atoms with Gasteiger partial charge in [-0.15, -0.1) is 5.10 Å². The quantitative estimate of drug-likeness (QED) is 0.860. The lowest BCUT2D eigenvalue weighted by Gasteiger charge is -2.33. The number of carbonyl (C=O) groups is 2. The fourth-order valence-electron chi connectivity index (χ4n) is 2.52. The van der Waals surface area contributed by atoms with Gasteiger partial charge in [-0.1, -0.05) is 28.9 Å². The summed E-state index contributed by atoms with van der Waals surface area (Å²) < 4.78 is 6.55. The molecule has 3 rings (SSSR count). The number of hydrogen-bond donors (Lipinski definition) is 2. The SMILES string of the molecule is O=C(NC1(C(=O)O)CCOCC1)c1cn(-c2ccccc2Cl)nn1. The van der Waals surface area contributed by atoms with E-state index in [9.17, 15) is 14.7 Å². The van der Waals surface area contributed by atoms with Crippen molar-refractivity contribution in [2.45, 2.75) is 18.4 Å². The van der Waals surface area contributed by atoms with Crippen molar-refractivity contribution in [1.29, 1.82) is 0 Å². The van der Waals surface area contributed by atoms with Gasteiger partial charge in [-0.2, -0.15) is 0 Å². The van der Waals surface area contributed by atoms with E-state index in [0.717, 1.165) is 0 Å². The van der Waals surface area contributed by atoms with E-state index in [-0.39, 0.29) is 31.7 Å². The van der Waals surface area contributed by atoms with Gasteiger partial charge in [0.05, 0.1) is 16.9 Å². The number of aromatic nitrogens is 3. The average molecular weight is 351 g/mol. The molecule has 0 atom stereocenters. The Labute approximate surface area is 142 Å². The highest BCUT2D eigenvalue weighted by Gasteiger charge is 2.42. The number of halogens is 1. The summed E-state index contributed by atoms with van der Waals surface area (Å²) >= 11 is 6.09. The highest BCUT2D eigenvalue weighted by molar-refractivity contribution is 6.32. The van der Waals surface area contributed by atoms with Gasteiger partial charge in [0.1, 0.15) is 5.54 Å². The highest BCUT2D eigenvalue weighted by atomic mass is 35.5. The van der Waals surface area contributed by atoms with Gasteiger partial charge < -0.3 is 15.2 Å². The van der Waals surface area contributed by atoms with Crippen molar-refractivity contribution in [3.05, 3.63) is 41.2 Å². The minimum absolute atomic E-state index is 0.0158. The summed E-state index contributed by atoms with van der Waals surface area (Å²) in [5.41, 5.74) is -0.754. The average Bonchev–Trinajstić information content (AvgIpc) is 3.06. The van der Waals surface area contributed by atoms with Crippen LogP contribution >= 0.6 is 11.6 Å². The summed E-state index contributed by atoms with van der Waals surface area (Å²) in [7, 11) is 0. The molecule has 8 nitrogen and oxygen atoms in total. The maximum Gasteiger partial charge on any atom is 0.329 e. The summed E-state index contributed by atoms with van der Waals surface area (Å²) in [5, 5.41) is 20.2. The van der Waals surface area contributed by atoms with E-state index >= 15 is 0 Å². The van der Waals surface area contributed by atoms with Crippen LogP contribution in [-0.2, 0) is 9.53 Å². The maximum atomic E-state index is 12.4. The van der Waals surface area contributed by atoms with Gasteiger partial charge in [-0.05, 0) is 12.1 Å². The standard InChI is InChI=1S/C15H15ClN4O4/c16-10-3-1-2-4-12(10)20-9-11(18-19-20)13(21)17-15(14(22)23)5-7-24-8-6-15/h1-4,9H,5-8H2,(H,17,21)(H,22,23). The molecule has 1 aliphatic rings. The first-order valence-electron chi connectivity index (χ1n) is 7.33. The van der Waals surface area contributed by atoms with E-state index < -0.39 is 17.4 Å². The maximum absolute atomic E-state index is 12.4. The van der Waals surface area contributed by atoms with E-state index in [1.54, 1.807) is 24.3 Å². The van der Waals surface area contributed by atoms with Crippen molar-refractivity contribution in [2.24, 2.45) is 0 Å². The minimum atomic E-state index is -1.34. The molecule has 1 amide bonds. The molecule has 2 aromatic rings. The summed E-state index contributed by atoms with van der Waals surface area (Å²) in [6, 6.07) is 6.98. The molecule has 24 heavy (non-hydrogen) atoms. The summed E-state index contributed by atoms with van der Waals surface area (Å²) in [6.45, 7) is 0.553. The lowest BCUT2D eigenvalue weighted by Crippen LogP contribution is -2.57. The van der Waals surface area contributed by atoms with E-state index in [1.807, 2.05) is 0 Å². The Morgan fingerprint density at radius 1 is 1.29 bits per heavy atom. The number of nitrogens with one attached hydrogen (secondary N) is 1. The third-order valence-corrected chi connectivity index (χ3v) is 4.25. The van der Waals surface area contributed by atoms with Crippen LogP contribution in [0.5, 0.6) is 0 Å². The molecule has 1 saturated heterocycles. The van der Waals surface area contributed by atoms with E-state index in [1.165, 1.54) is 10.9 Å². The number of hydrogen-bond acceptors (Lipinski definition) is 5. The van der Waals surface area contributed by atoms with Crippen LogP contribution in [0, 0.1) is 0 Å². The van der Waals surface area contributed by atoms with Crippen LogP contribution in [0.2, 0.25) is 5.02 Å². The topological polar surface area (TPSA) is 106 Å². The van der Waals surface area contributed by atoms with Crippen LogP contribution in [0.25, 0.3) is 5.69 Å². The number of ether oxygens (including phenoxy) is 1. The summed E-state index contributed by atoms with van der Waals surface area (Å²) in [6.07, 6.45) is 1.81. The molecular weight excluding hydrogens is 336 g/mol. The van der Waals surface area contributed by atoms with E-state index in [4.69, 9.17) is 16.3 Å². The molecule has 1 aliphatic heterocycles. The van der Waals surface area contributed by atoms with Crippen molar-refractivity contribution in [1.82, 2.24) is 20.3 Å². The lowest BCUT2D eigenvalue weighted by atomic mass is 9.90. The minimum Gasteiger partial charge on any atom is -0.480 e. The zero-order chi connectivity index (χ0) is 17.2. The van der Waals surface area contributed by atoms with Crippen molar-refractivity contribution in [3.8, 4) is 5.69 Å². The predicted octanol–water partition coefficient (Wildman–Crippen LogP) is 1.28. The van der Waals surface area contributed by atoms with Crippen LogP contribution in [0.4, 0.5) is 0 Å². The number of para-hydroxylation sites is 1. The molecule has 2 heterocycles. The number of carboxylic acid groups (broad SMARTS) is 1. The number of nitrogens with zero attached hydrogens (tertiary/aromatic N) is 3. The zero-order valence-corrected chi connectivity index (χ0v) is 13.4. The van der Waals surface area contributed by atoms with Gasteiger partial charge in [0, 0.05) is 26.1 Å². The second kappa shape index (κ2) is 6.58. The molecule has 0 saturated carbocycles. The van der Waals surface area contributed by atoms with Gasteiger partial charge in [0.2, 0.25) is 0 Å². The molecule has 0 radical (unpaired) electrons. The van der Waals surface area contributed by atoms with E-state index in [2.05, 4.69) is 15.6 Å². The number of aliphatic carboxylic acids is 1. The fraction of sp³-hybridized carbons (Fsp3) is 0.333. The third-order valence-electron chi connectivity index (χ3n) is 3.93. The first-order valence-corrected chi connectivity index (χ1v) is 7.70. The number of carboxylic acids is 1. The number of rotatable bonds is 4. The Morgan fingerprint density at radius 3 is 2.67 bits per heavy atom. The summed E-state index contributed by atoms with van der Waals surface area (Å²) in [5.74, 6) is -1.68. The van der Waals surface area contributed by atoms with Crippen LogP contribution in [0.3, 0.4) is 0 Å². The van der Waals surface area contributed by atoms with Crippen LogP contribution in [0.1, 0.15) is 23.3 Å². The van der Waals surface area contributed by atoms with Crippen LogP contribution < -0.4 is 5.32 Å². The second-order valence-electron chi connectivity index (χ2n) is 5.45. The van der Waals surface area contributed by atoms with Gasteiger partial charge in [-0.3, -0.25) is 4.79 Å². The first-order chi connectivity index (χ1) is 11.5. The Kier molecular flexibility index (Phi) is 4.50.